The Morgan fingerprint density at radius 2 is 1.90 bits per heavy atom. The van der Waals surface area contributed by atoms with Gasteiger partial charge in [-0.15, -0.1) is 10.2 Å². The van der Waals surface area contributed by atoms with Crippen LogP contribution in [0.15, 0.2) is 47.6 Å². The van der Waals surface area contributed by atoms with Gasteiger partial charge in [-0.05, 0) is 43.5 Å². The number of aryl methyl sites for hydroxylation is 2. The molecule has 9 heteroatoms. The van der Waals surface area contributed by atoms with Crippen molar-refractivity contribution in [3.05, 3.63) is 70.0 Å². The summed E-state index contributed by atoms with van der Waals surface area (Å²) in [6.45, 7) is 6.04. The number of carbonyl (C=O) groups is 1. The number of nitrogens with one attached hydrogen (secondary N) is 1. The molecule has 0 aliphatic rings. The third-order valence-electron chi connectivity index (χ3n) is 4.57. The van der Waals surface area contributed by atoms with Gasteiger partial charge in [0.1, 0.15) is 12.4 Å². The smallest absolute Gasteiger partial charge is 0.230 e. The van der Waals surface area contributed by atoms with Crippen LogP contribution in [0.2, 0.25) is 5.02 Å². The molecule has 1 heterocycles. The fourth-order valence-corrected chi connectivity index (χ4v) is 3.97. The molecule has 0 aliphatic carbocycles. The molecule has 0 saturated carbocycles. The van der Waals surface area contributed by atoms with Gasteiger partial charge < -0.3 is 15.9 Å². The molecule has 1 amide bonds. The Morgan fingerprint density at radius 1 is 1.20 bits per heavy atom. The highest BCUT2D eigenvalue weighted by Gasteiger charge is 2.16. The summed E-state index contributed by atoms with van der Waals surface area (Å²) in [4.78, 5) is 12.3. The van der Waals surface area contributed by atoms with E-state index in [2.05, 4.69) is 15.5 Å². The topological polar surface area (TPSA) is 95.1 Å². The van der Waals surface area contributed by atoms with Crippen LogP contribution in [0.5, 0.6) is 5.75 Å². The second-order valence-electron chi connectivity index (χ2n) is 6.88. The first-order valence-corrected chi connectivity index (χ1v) is 10.8. The maximum atomic E-state index is 12.3. The largest absolute Gasteiger partial charge is 0.485 e. The zero-order valence-electron chi connectivity index (χ0n) is 17.1. The van der Waals surface area contributed by atoms with Crippen molar-refractivity contribution >= 4 is 29.3 Å². The average molecular weight is 446 g/mol. The van der Waals surface area contributed by atoms with Crippen LogP contribution in [0.3, 0.4) is 0 Å². The molecule has 3 N–H and O–H groups in total. The van der Waals surface area contributed by atoms with Gasteiger partial charge in [0, 0.05) is 5.02 Å². The van der Waals surface area contributed by atoms with Gasteiger partial charge in [-0.3, -0.25) is 4.79 Å². The SMILES string of the molecule is Cc1cccc(C)c1OCc1nnc(SCC(=O)NC(C)c2ccccc2Cl)n1N. The summed E-state index contributed by atoms with van der Waals surface area (Å²) < 4.78 is 7.23. The molecule has 1 atom stereocenters. The Kier molecular flexibility index (Phi) is 7.23. The zero-order valence-corrected chi connectivity index (χ0v) is 18.6. The molecule has 1 aromatic heterocycles. The average Bonchev–Trinajstić information content (AvgIpc) is 3.06. The molecule has 3 rings (SSSR count). The highest BCUT2D eigenvalue weighted by molar-refractivity contribution is 7.99. The molecule has 0 spiro atoms. The van der Waals surface area contributed by atoms with Crippen LogP contribution in [0.1, 0.15) is 35.5 Å². The highest BCUT2D eigenvalue weighted by Crippen LogP contribution is 2.24. The number of halogens is 1. The summed E-state index contributed by atoms with van der Waals surface area (Å²) in [7, 11) is 0. The number of thioether (sulfide) groups is 1. The molecule has 0 bridgehead atoms. The van der Waals surface area contributed by atoms with Gasteiger partial charge in [0.25, 0.3) is 0 Å². The minimum absolute atomic E-state index is 0.149. The van der Waals surface area contributed by atoms with Crippen LogP contribution in [0, 0.1) is 13.8 Å². The third-order valence-corrected chi connectivity index (χ3v) is 5.86. The van der Waals surface area contributed by atoms with Gasteiger partial charge in [-0.1, -0.05) is 59.8 Å². The number of hydrogen-bond acceptors (Lipinski definition) is 6. The van der Waals surface area contributed by atoms with E-state index in [1.807, 2.05) is 57.2 Å². The Bertz CT molecular complexity index is 1020. The molecular weight excluding hydrogens is 422 g/mol. The maximum Gasteiger partial charge on any atom is 0.230 e. The van der Waals surface area contributed by atoms with Crippen molar-refractivity contribution in [2.24, 2.45) is 0 Å². The van der Waals surface area contributed by atoms with Crippen molar-refractivity contribution in [2.75, 3.05) is 11.6 Å². The third kappa shape index (κ3) is 5.25. The molecule has 158 valence electrons. The van der Waals surface area contributed by atoms with Crippen LogP contribution < -0.4 is 15.9 Å². The van der Waals surface area contributed by atoms with E-state index in [9.17, 15) is 4.79 Å². The second-order valence-corrected chi connectivity index (χ2v) is 8.23. The fourth-order valence-electron chi connectivity index (χ4n) is 2.98. The van der Waals surface area contributed by atoms with Gasteiger partial charge in [-0.2, -0.15) is 0 Å². The number of aromatic nitrogens is 3. The van der Waals surface area contributed by atoms with Gasteiger partial charge in [-0.25, -0.2) is 4.68 Å². The van der Waals surface area contributed by atoms with Crippen molar-refractivity contribution < 1.29 is 9.53 Å². The highest BCUT2D eigenvalue weighted by atomic mass is 35.5. The zero-order chi connectivity index (χ0) is 21.7. The molecule has 0 fully saturated rings. The molecule has 1 unspecified atom stereocenters. The number of carbonyl (C=O) groups excluding carboxylic acids is 1. The van der Waals surface area contributed by atoms with Crippen molar-refractivity contribution in [1.29, 1.82) is 0 Å². The summed E-state index contributed by atoms with van der Waals surface area (Å²) in [6, 6.07) is 13.2. The quantitative estimate of drug-likeness (QED) is 0.404. The lowest BCUT2D eigenvalue weighted by molar-refractivity contribution is -0.119. The van der Waals surface area contributed by atoms with Crippen molar-refractivity contribution in [3.63, 3.8) is 0 Å². The van der Waals surface area contributed by atoms with E-state index in [4.69, 9.17) is 22.2 Å². The number of ether oxygens (including phenoxy) is 1. The van der Waals surface area contributed by atoms with Crippen LogP contribution in [0.4, 0.5) is 0 Å². The summed E-state index contributed by atoms with van der Waals surface area (Å²) in [5.74, 6) is 7.37. The Balaban J connectivity index is 1.55. The monoisotopic (exact) mass is 445 g/mol. The summed E-state index contributed by atoms with van der Waals surface area (Å²) in [5, 5.41) is 12.1. The normalized spacial score (nSPS) is 11.9. The molecule has 0 radical (unpaired) electrons. The van der Waals surface area contributed by atoms with E-state index in [-0.39, 0.29) is 24.3 Å². The number of amides is 1. The lowest BCUT2D eigenvalue weighted by Crippen LogP contribution is -2.28. The predicted octanol–water partition coefficient (Wildman–Crippen LogP) is 3.81. The Labute approximate surface area is 184 Å². The fraction of sp³-hybridized carbons (Fsp3) is 0.286. The minimum Gasteiger partial charge on any atom is -0.485 e. The molecule has 3 aromatic rings. The summed E-state index contributed by atoms with van der Waals surface area (Å²) >= 11 is 7.40. The molecule has 30 heavy (non-hydrogen) atoms. The molecule has 7 nitrogen and oxygen atoms in total. The minimum atomic E-state index is -0.205. The first kappa shape index (κ1) is 22.0. The first-order valence-electron chi connectivity index (χ1n) is 9.41. The summed E-state index contributed by atoms with van der Waals surface area (Å²) in [5.41, 5.74) is 2.94. The lowest BCUT2D eigenvalue weighted by atomic mass is 10.1. The number of hydrogen-bond donors (Lipinski definition) is 2. The summed E-state index contributed by atoms with van der Waals surface area (Å²) in [6.07, 6.45) is 0. The molecule has 0 saturated heterocycles. The van der Waals surface area contributed by atoms with E-state index >= 15 is 0 Å². The van der Waals surface area contributed by atoms with E-state index in [0.717, 1.165) is 22.4 Å². The van der Waals surface area contributed by atoms with E-state index < -0.39 is 0 Å². The standard InChI is InChI=1S/C21H24ClN5O2S/c1-13-7-6-8-14(2)20(13)29-11-18-25-26-21(27(18)23)30-12-19(28)24-15(3)16-9-4-5-10-17(16)22/h4-10,15H,11-12,23H2,1-3H3,(H,24,28). The number of benzene rings is 2. The van der Waals surface area contributed by atoms with Gasteiger partial charge in [0.2, 0.25) is 11.1 Å². The van der Waals surface area contributed by atoms with Crippen molar-refractivity contribution in [2.45, 2.75) is 38.6 Å². The molecule has 0 aliphatic heterocycles. The molecule has 2 aromatic carbocycles. The van der Waals surface area contributed by atoms with Crippen LogP contribution in [-0.4, -0.2) is 26.5 Å². The van der Waals surface area contributed by atoms with Gasteiger partial charge >= 0.3 is 0 Å². The Hall–Kier alpha value is -2.71. The van der Waals surface area contributed by atoms with Crippen LogP contribution >= 0.6 is 23.4 Å². The van der Waals surface area contributed by atoms with E-state index in [0.29, 0.717) is 16.0 Å². The van der Waals surface area contributed by atoms with E-state index in [1.54, 1.807) is 6.07 Å². The van der Waals surface area contributed by atoms with Crippen LogP contribution in [-0.2, 0) is 11.4 Å². The number of para-hydroxylation sites is 1. The second kappa shape index (κ2) is 9.86. The maximum absolute atomic E-state index is 12.3. The van der Waals surface area contributed by atoms with E-state index in [1.165, 1.54) is 16.4 Å². The number of nitrogen functional groups attached to an aromatic ring is 1. The van der Waals surface area contributed by atoms with Gasteiger partial charge in [0.15, 0.2) is 5.82 Å². The van der Waals surface area contributed by atoms with Crippen molar-refractivity contribution in [3.8, 4) is 5.75 Å². The van der Waals surface area contributed by atoms with Crippen LogP contribution in [0.25, 0.3) is 0 Å². The van der Waals surface area contributed by atoms with Crippen molar-refractivity contribution in [1.82, 2.24) is 20.2 Å². The Morgan fingerprint density at radius 3 is 2.60 bits per heavy atom. The molecular formula is C21H24ClN5O2S. The van der Waals surface area contributed by atoms with Gasteiger partial charge in [0.05, 0.1) is 11.8 Å². The lowest BCUT2D eigenvalue weighted by Gasteiger charge is -2.15. The number of rotatable bonds is 8. The number of nitrogens with two attached hydrogens (primary N) is 1. The predicted molar refractivity (Wildman–Crippen MR) is 119 cm³/mol. The number of nitrogens with zero attached hydrogens (tertiary/aromatic N) is 3. The first-order chi connectivity index (χ1) is 14.4.